The minimum atomic E-state index is -1.13. The Bertz CT molecular complexity index is 1430. The van der Waals surface area contributed by atoms with Crippen molar-refractivity contribution in [3.8, 4) is 11.5 Å². The summed E-state index contributed by atoms with van der Waals surface area (Å²) in [5.41, 5.74) is 1.05. The number of nitrogens with zero attached hydrogens (tertiary/aromatic N) is 2. The number of hydrogen-bond donors (Lipinski definition) is 1. The van der Waals surface area contributed by atoms with Crippen molar-refractivity contribution in [2.45, 2.75) is 46.0 Å². The number of allylic oxidation sites excluding steroid dienone is 2. The lowest BCUT2D eigenvalue weighted by Gasteiger charge is -2.49. The zero-order chi connectivity index (χ0) is 28.3. The number of imide groups is 2. The van der Waals surface area contributed by atoms with Crippen molar-refractivity contribution in [2.24, 2.45) is 29.1 Å². The Hall–Kier alpha value is -3.94. The van der Waals surface area contributed by atoms with Crippen LogP contribution in [0.25, 0.3) is 0 Å². The lowest BCUT2D eigenvalue weighted by atomic mass is 9.51. The summed E-state index contributed by atoms with van der Waals surface area (Å²) >= 11 is 0. The second kappa shape index (κ2) is 9.61. The summed E-state index contributed by atoms with van der Waals surface area (Å²) in [6.45, 7) is 6.35. The van der Waals surface area contributed by atoms with Crippen LogP contribution in [0.5, 0.6) is 11.5 Å². The van der Waals surface area contributed by atoms with Gasteiger partial charge in [-0.1, -0.05) is 42.8 Å². The SMILES string of the molecule is CCCN1C(=O)[C@H]2[C@H](CC=C3[C@H]2C[C@H]2C(=O)N(c4ccccc4)C(=O)[C@@]2(C)[C@H]3c2ccc(O)c(OCC)c2)C1=O. The number of aromatic hydroxyl groups is 1. The Morgan fingerprint density at radius 2 is 1.73 bits per heavy atom. The molecular formula is C32H34N2O6. The maximum Gasteiger partial charge on any atom is 0.241 e. The third-order valence-electron chi connectivity index (χ3n) is 9.44. The fourth-order valence-electron chi connectivity index (χ4n) is 7.71. The summed E-state index contributed by atoms with van der Waals surface area (Å²) in [7, 11) is 0. The van der Waals surface area contributed by atoms with Gasteiger partial charge in [0, 0.05) is 12.5 Å². The molecule has 40 heavy (non-hydrogen) atoms. The summed E-state index contributed by atoms with van der Waals surface area (Å²) in [5.74, 6) is -3.16. The Balaban J connectivity index is 1.52. The Morgan fingerprint density at radius 1 is 0.975 bits per heavy atom. The van der Waals surface area contributed by atoms with Gasteiger partial charge in [0.15, 0.2) is 11.5 Å². The van der Waals surface area contributed by atoms with E-state index < -0.39 is 29.1 Å². The van der Waals surface area contributed by atoms with Crippen LogP contribution in [-0.4, -0.2) is 46.8 Å². The average Bonchev–Trinajstić information content (AvgIpc) is 3.30. The van der Waals surface area contributed by atoms with Gasteiger partial charge in [-0.2, -0.15) is 0 Å². The number of para-hydroxylation sites is 1. The van der Waals surface area contributed by atoms with E-state index in [1.165, 1.54) is 9.80 Å². The van der Waals surface area contributed by atoms with E-state index >= 15 is 0 Å². The van der Waals surface area contributed by atoms with Crippen molar-refractivity contribution >= 4 is 29.3 Å². The number of benzene rings is 2. The molecule has 208 valence electrons. The van der Waals surface area contributed by atoms with Crippen molar-refractivity contribution in [3.05, 3.63) is 65.7 Å². The number of phenolic OH excluding ortho intramolecular Hbond substituents is 1. The molecule has 2 aliphatic heterocycles. The highest BCUT2D eigenvalue weighted by Crippen LogP contribution is 2.63. The number of likely N-dealkylation sites (tertiary alicyclic amines) is 1. The van der Waals surface area contributed by atoms with E-state index in [0.717, 1.165) is 11.1 Å². The zero-order valence-corrected chi connectivity index (χ0v) is 23.0. The molecule has 6 atom stereocenters. The quantitative estimate of drug-likeness (QED) is 0.428. The third-order valence-corrected chi connectivity index (χ3v) is 9.44. The van der Waals surface area contributed by atoms with E-state index in [9.17, 15) is 24.3 Å². The van der Waals surface area contributed by atoms with Gasteiger partial charge in [-0.25, -0.2) is 4.90 Å². The van der Waals surface area contributed by atoms with Gasteiger partial charge in [0.2, 0.25) is 23.6 Å². The van der Waals surface area contributed by atoms with Crippen LogP contribution in [0.1, 0.15) is 51.5 Å². The maximum atomic E-state index is 14.4. The predicted molar refractivity (Wildman–Crippen MR) is 147 cm³/mol. The molecule has 4 amide bonds. The number of fused-ring (bicyclic) bond motifs is 4. The Labute approximate surface area is 233 Å². The van der Waals surface area contributed by atoms with Crippen molar-refractivity contribution in [1.29, 1.82) is 0 Å². The van der Waals surface area contributed by atoms with Gasteiger partial charge < -0.3 is 9.84 Å². The number of hydrogen-bond acceptors (Lipinski definition) is 6. The molecule has 1 N–H and O–H groups in total. The molecule has 1 saturated carbocycles. The summed E-state index contributed by atoms with van der Waals surface area (Å²) in [5, 5.41) is 10.4. The van der Waals surface area contributed by atoms with Crippen LogP contribution >= 0.6 is 0 Å². The first-order chi connectivity index (χ1) is 19.2. The summed E-state index contributed by atoms with van der Waals surface area (Å²) in [6, 6.07) is 14.0. The molecule has 3 fully saturated rings. The van der Waals surface area contributed by atoms with E-state index in [1.807, 2.05) is 32.9 Å². The van der Waals surface area contributed by atoms with Crippen molar-refractivity contribution in [1.82, 2.24) is 4.90 Å². The van der Waals surface area contributed by atoms with Gasteiger partial charge in [0.1, 0.15) is 0 Å². The maximum absolute atomic E-state index is 14.4. The number of ether oxygens (including phenoxy) is 1. The minimum Gasteiger partial charge on any atom is -0.504 e. The highest BCUT2D eigenvalue weighted by molar-refractivity contribution is 6.24. The number of anilines is 1. The smallest absolute Gasteiger partial charge is 0.241 e. The zero-order valence-electron chi connectivity index (χ0n) is 23.0. The second-order valence-corrected chi connectivity index (χ2v) is 11.5. The molecule has 2 aliphatic carbocycles. The standard InChI is InChI=1S/C32H34N2O6/c1-4-15-33-28(36)21-13-12-20-22(26(21)30(33)38)17-23-29(37)34(19-9-7-6-8-10-19)31(39)32(23,3)27(20)18-11-14-24(35)25(16-18)40-5-2/h6-12,14,16,21-23,26-27,35H,4-5,13,15,17H2,1-3H3/t21-,22+,23-,26-,27-,32+/m0/s1. The lowest BCUT2D eigenvalue weighted by molar-refractivity contribution is -0.140. The molecule has 2 heterocycles. The van der Waals surface area contributed by atoms with Gasteiger partial charge in [-0.15, -0.1) is 0 Å². The minimum absolute atomic E-state index is 0.0103. The third kappa shape index (κ3) is 3.57. The molecule has 8 nitrogen and oxygen atoms in total. The van der Waals surface area contributed by atoms with E-state index in [2.05, 4.69) is 0 Å². The van der Waals surface area contributed by atoms with Crippen LogP contribution < -0.4 is 9.64 Å². The molecule has 4 aliphatic rings. The molecule has 0 bridgehead atoms. The topological polar surface area (TPSA) is 104 Å². The normalized spacial score (nSPS) is 31.2. The predicted octanol–water partition coefficient (Wildman–Crippen LogP) is 4.43. The summed E-state index contributed by atoms with van der Waals surface area (Å²) < 4.78 is 5.69. The average molecular weight is 543 g/mol. The van der Waals surface area contributed by atoms with Crippen molar-refractivity contribution < 1.29 is 29.0 Å². The van der Waals surface area contributed by atoms with E-state index in [0.29, 0.717) is 43.9 Å². The highest BCUT2D eigenvalue weighted by Gasteiger charge is 2.67. The molecule has 6 rings (SSSR count). The first-order valence-corrected chi connectivity index (χ1v) is 14.2. The summed E-state index contributed by atoms with van der Waals surface area (Å²) in [4.78, 5) is 58.1. The molecule has 0 spiro atoms. The molecule has 2 aromatic rings. The summed E-state index contributed by atoms with van der Waals surface area (Å²) in [6.07, 6.45) is 3.45. The molecule has 0 aromatic heterocycles. The van der Waals surface area contributed by atoms with Crippen LogP contribution in [0, 0.1) is 29.1 Å². The molecular weight excluding hydrogens is 508 g/mol. The Morgan fingerprint density at radius 3 is 2.42 bits per heavy atom. The van der Waals surface area contributed by atoms with Gasteiger partial charge in [-0.05, 0) is 68.9 Å². The number of phenols is 1. The lowest BCUT2D eigenvalue weighted by Crippen LogP contribution is -2.48. The highest BCUT2D eigenvalue weighted by atomic mass is 16.5. The van der Waals surface area contributed by atoms with Crippen LogP contribution in [0.2, 0.25) is 0 Å². The van der Waals surface area contributed by atoms with Crippen LogP contribution in [-0.2, 0) is 19.2 Å². The second-order valence-electron chi connectivity index (χ2n) is 11.5. The van der Waals surface area contributed by atoms with E-state index in [1.54, 1.807) is 42.5 Å². The van der Waals surface area contributed by atoms with Crippen LogP contribution in [0.3, 0.4) is 0 Å². The molecule has 0 unspecified atom stereocenters. The molecule has 8 heteroatoms. The molecule has 2 aromatic carbocycles. The first-order valence-electron chi connectivity index (χ1n) is 14.2. The number of rotatable bonds is 6. The fourth-order valence-corrected chi connectivity index (χ4v) is 7.71. The van der Waals surface area contributed by atoms with Crippen molar-refractivity contribution in [2.75, 3.05) is 18.1 Å². The number of carbonyl (C=O) groups excluding carboxylic acids is 4. The van der Waals surface area contributed by atoms with Crippen LogP contribution in [0.4, 0.5) is 5.69 Å². The monoisotopic (exact) mass is 542 g/mol. The van der Waals surface area contributed by atoms with Gasteiger partial charge in [0.05, 0.1) is 35.5 Å². The largest absolute Gasteiger partial charge is 0.504 e. The first kappa shape index (κ1) is 26.3. The number of carbonyl (C=O) groups is 4. The van der Waals surface area contributed by atoms with Gasteiger partial charge in [-0.3, -0.25) is 24.1 Å². The van der Waals surface area contributed by atoms with Gasteiger partial charge >= 0.3 is 0 Å². The van der Waals surface area contributed by atoms with Crippen LogP contribution in [0.15, 0.2) is 60.2 Å². The van der Waals surface area contributed by atoms with E-state index in [4.69, 9.17) is 4.74 Å². The van der Waals surface area contributed by atoms with Gasteiger partial charge in [0.25, 0.3) is 0 Å². The molecule has 0 radical (unpaired) electrons. The Kier molecular flexibility index (Phi) is 6.32. The number of amides is 4. The fraction of sp³-hybridized carbons (Fsp3) is 0.438. The molecule has 2 saturated heterocycles. The van der Waals surface area contributed by atoms with Crippen molar-refractivity contribution in [3.63, 3.8) is 0 Å². The van der Waals surface area contributed by atoms with E-state index in [-0.39, 0.29) is 35.3 Å².